The van der Waals surface area contributed by atoms with Crippen LogP contribution in [0.25, 0.3) is 21.8 Å². The predicted octanol–water partition coefficient (Wildman–Crippen LogP) is 4.04. The van der Waals surface area contributed by atoms with Crippen LogP contribution in [0, 0.1) is 0 Å². The van der Waals surface area contributed by atoms with Gasteiger partial charge in [-0.05, 0) is 30.3 Å². The summed E-state index contributed by atoms with van der Waals surface area (Å²) in [5.74, 6) is -0.165. The second kappa shape index (κ2) is 5.50. The fraction of sp³-hybridized carbons (Fsp3) is 0. The molecule has 0 radical (unpaired) electrons. The second-order valence-electron chi connectivity index (χ2n) is 5.21. The van der Waals surface area contributed by atoms with Gasteiger partial charge in [0.1, 0.15) is 0 Å². The van der Waals surface area contributed by atoms with E-state index < -0.39 is 0 Å². The standard InChI is InChI=1S/C19H13N3O/c23-19(15-7-2-9-16-14(15)8-4-11-20-16)22-17-10-1-5-13-6-3-12-21-18(13)17/h1-12H,(H,22,23). The monoisotopic (exact) mass is 299 g/mol. The number of nitrogens with zero attached hydrogens (tertiary/aromatic N) is 2. The maximum absolute atomic E-state index is 12.7. The topological polar surface area (TPSA) is 54.9 Å². The largest absolute Gasteiger partial charge is 0.320 e. The van der Waals surface area contributed by atoms with Crippen molar-refractivity contribution in [2.24, 2.45) is 0 Å². The molecule has 2 aromatic carbocycles. The first kappa shape index (κ1) is 13.4. The summed E-state index contributed by atoms with van der Waals surface area (Å²) in [7, 11) is 0. The van der Waals surface area contributed by atoms with Crippen LogP contribution in [0.1, 0.15) is 10.4 Å². The Hall–Kier alpha value is -3.27. The van der Waals surface area contributed by atoms with Gasteiger partial charge >= 0.3 is 0 Å². The molecule has 0 saturated heterocycles. The van der Waals surface area contributed by atoms with Crippen LogP contribution in [-0.2, 0) is 0 Å². The van der Waals surface area contributed by atoms with Crippen LogP contribution in [0.5, 0.6) is 0 Å². The van der Waals surface area contributed by atoms with E-state index in [0.29, 0.717) is 11.3 Å². The van der Waals surface area contributed by atoms with E-state index in [1.165, 1.54) is 0 Å². The molecule has 2 aromatic heterocycles. The van der Waals surface area contributed by atoms with Crippen molar-refractivity contribution in [1.82, 2.24) is 9.97 Å². The second-order valence-corrected chi connectivity index (χ2v) is 5.21. The van der Waals surface area contributed by atoms with Crippen molar-refractivity contribution in [3.63, 3.8) is 0 Å². The summed E-state index contributed by atoms with van der Waals surface area (Å²) in [5.41, 5.74) is 2.88. The number of rotatable bonds is 2. The third-order valence-corrected chi connectivity index (χ3v) is 3.77. The average Bonchev–Trinajstić information content (AvgIpc) is 2.61. The van der Waals surface area contributed by atoms with Crippen LogP contribution in [0.15, 0.2) is 73.1 Å². The zero-order valence-electron chi connectivity index (χ0n) is 12.2. The molecule has 4 rings (SSSR count). The lowest BCUT2D eigenvalue weighted by atomic mass is 10.1. The first-order chi connectivity index (χ1) is 11.3. The van der Waals surface area contributed by atoms with Crippen LogP contribution < -0.4 is 5.32 Å². The summed E-state index contributed by atoms with van der Waals surface area (Å²) in [6.07, 6.45) is 3.44. The number of carbonyl (C=O) groups excluding carboxylic acids is 1. The molecular weight excluding hydrogens is 286 g/mol. The molecule has 0 unspecified atom stereocenters. The third kappa shape index (κ3) is 2.40. The Morgan fingerprint density at radius 3 is 2.57 bits per heavy atom. The minimum Gasteiger partial charge on any atom is -0.320 e. The van der Waals surface area contributed by atoms with Crippen LogP contribution >= 0.6 is 0 Å². The molecule has 1 N–H and O–H groups in total. The normalized spacial score (nSPS) is 10.8. The number of carbonyl (C=O) groups is 1. The molecule has 4 aromatic rings. The molecule has 0 aliphatic heterocycles. The Morgan fingerprint density at radius 1 is 0.826 bits per heavy atom. The summed E-state index contributed by atoms with van der Waals surface area (Å²) in [4.78, 5) is 21.4. The minimum absolute atomic E-state index is 0.165. The Balaban J connectivity index is 1.77. The first-order valence-corrected chi connectivity index (χ1v) is 7.32. The maximum Gasteiger partial charge on any atom is 0.256 e. The summed E-state index contributed by atoms with van der Waals surface area (Å²) in [6, 6.07) is 18.9. The van der Waals surface area contributed by atoms with Gasteiger partial charge in [0, 0.05) is 28.7 Å². The molecular formula is C19H13N3O. The van der Waals surface area contributed by atoms with Crippen molar-refractivity contribution in [3.8, 4) is 0 Å². The Labute approximate surface area is 132 Å². The van der Waals surface area contributed by atoms with E-state index in [4.69, 9.17) is 0 Å². The van der Waals surface area contributed by atoms with E-state index in [0.717, 1.165) is 21.8 Å². The van der Waals surface area contributed by atoms with Crippen LogP contribution in [0.2, 0.25) is 0 Å². The van der Waals surface area contributed by atoms with Crippen molar-refractivity contribution in [3.05, 3.63) is 78.6 Å². The SMILES string of the molecule is O=C(Nc1cccc2cccnc12)c1cccc2ncccc12. The predicted molar refractivity (Wildman–Crippen MR) is 91.4 cm³/mol. The van der Waals surface area contributed by atoms with Gasteiger partial charge in [0.05, 0.1) is 16.7 Å². The Kier molecular flexibility index (Phi) is 3.20. The quantitative estimate of drug-likeness (QED) is 0.608. The van der Waals surface area contributed by atoms with E-state index in [1.807, 2.05) is 54.6 Å². The molecule has 23 heavy (non-hydrogen) atoms. The third-order valence-electron chi connectivity index (χ3n) is 3.77. The molecule has 0 fully saturated rings. The number of benzene rings is 2. The van der Waals surface area contributed by atoms with Crippen LogP contribution in [0.4, 0.5) is 5.69 Å². The number of para-hydroxylation sites is 1. The van der Waals surface area contributed by atoms with Gasteiger partial charge in [-0.15, -0.1) is 0 Å². The van der Waals surface area contributed by atoms with E-state index in [1.54, 1.807) is 18.5 Å². The Bertz CT molecular complexity index is 1020. The highest BCUT2D eigenvalue weighted by Crippen LogP contribution is 2.23. The zero-order valence-corrected chi connectivity index (χ0v) is 12.2. The molecule has 4 heteroatoms. The van der Waals surface area contributed by atoms with E-state index >= 15 is 0 Å². The summed E-state index contributed by atoms with van der Waals surface area (Å²) in [5, 5.41) is 4.79. The summed E-state index contributed by atoms with van der Waals surface area (Å²) >= 11 is 0. The molecule has 0 aliphatic rings. The van der Waals surface area contributed by atoms with Crippen molar-refractivity contribution in [1.29, 1.82) is 0 Å². The van der Waals surface area contributed by atoms with Gasteiger partial charge in [0.25, 0.3) is 5.91 Å². The van der Waals surface area contributed by atoms with Gasteiger partial charge in [-0.2, -0.15) is 0 Å². The molecule has 4 nitrogen and oxygen atoms in total. The van der Waals surface area contributed by atoms with Crippen molar-refractivity contribution >= 4 is 33.4 Å². The highest BCUT2D eigenvalue weighted by atomic mass is 16.1. The van der Waals surface area contributed by atoms with Crippen molar-refractivity contribution in [2.75, 3.05) is 5.32 Å². The van der Waals surface area contributed by atoms with Gasteiger partial charge < -0.3 is 5.32 Å². The number of amides is 1. The van der Waals surface area contributed by atoms with Gasteiger partial charge in [-0.3, -0.25) is 14.8 Å². The zero-order chi connectivity index (χ0) is 15.6. The van der Waals surface area contributed by atoms with E-state index in [2.05, 4.69) is 15.3 Å². The van der Waals surface area contributed by atoms with Crippen molar-refractivity contribution < 1.29 is 4.79 Å². The highest BCUT2D eigenvalue weighted by Gasteiger charge is 2.12. The molecule has 110 valence electrons. The lowest BCUT2D eigenvalue weighted by Crippen LogP contribution is -2.13. The molecule has 1 amide bonds. The summed E-state index contributed by atoms with van der Waals surface area (Å²) < 4.78 is 0. The number of nitrogens with one attached hydrogen (secondary N) is 1. The number of hydrogen-bond acceptors (Lipinski definition) is 3. The fourth-order valence-electron chi connectivity index (χ4n) is 2.70. The molecule has 2 heterocycles. The minimum atomic E-state index is -0.165. The van der Waals surface area contributed by atoms with Crippen LogP contribution in [-0.4, -0.2) is 15.9 Å². The fourth-order valence-corrected chi connectivity index (χ4v) is 2.70. The van der Waals surface area contributed by atoms with Gasteiger partial charge in [0.2, 0.25) is 0 Å². The molecule has 0 aliphatic carbocycles. The van der Waals surface area contributed by atoms with Gasteiger partial charge in [0.15, 0.2) is 0 Å². The Morgan fingerprint density at radius 2 is 1.61 bits per heavy atom. The lowest BCUT2D eigenvalue weighted by molar-refractivity contribution is 0.102. The smallest absolute Gasteiger partial charge is 0.256 e. The molecule has 0 spiro atoms. The summed E-state index contributed by atoms with van der Waals surface area (Å²) in [6.45, 7) is 0. The van der Waals surface area contributed by atoms with Crippen molar-refractivity contribution in [2.45, 2.75) is 0 Å². The van der Waals surface area contributed by atoms with E-state index in [-0.39, 0.29) is 5.91 Å². The molecule has 0 bridgehead atoms. The number of aromatic nitrogens is 2. The van der Waals surface area contributed by atoms with E-state index in [9.17, 15) is 4.79 Å². The number of fused-ring (bicyclic) bond motifs is 2. The first-order valence-electron chi connectivity index (χ1n) is 7.32. The highest BCUT2D eigenvalue weighted by molar-refractivity contribution is 6.14. The molecule has 0 saturated carbocycles. The lowest BCUT2D eigenvalue weighted by Gasteiger charge is -2.09. The molecule has 0 atom stereocenters. The number of pyridine rings is 2. The van der Waals surface area contributed by atoms with Gasteiger partial charge in [-0.1, -0.05) is 30.3 Å². The average molecular weight is 299 g/mol. The number of hydrogen-bond donors (Lipinski definition) is 1. The number of anilines is 1. The maximum atomic E-state index is 12.7. The van der Waals surface area contributed by atoms with Crippen LogP contribution in [0.3, 0.4) is 0 Å². The van der Waals surface area contributed by atoms with Gasteiger partial charge in [-0.25, -0.2) is 0 Å².